The molecule has 1 atom stereocenters. The highest BCUT2D eigenvalue weighted by atomic mass is 32.1. The predicted molar refractivity (Wildman–Crippen MR) is 80.9 cm³/mol. The molecule has 1 unspecified atom stereocenters. The minimum atomic E-state index is 0.760. The summed E-state index contributed by atoms with van der Waals surface area (Å²) in [6, 6.07) is 0. The van der Waals surface area contributed by atoms with Gasteiger partial charge in [0, 0.05) is 44.4 Å². The predicted octanol–water partition coefficient (Wildman–Crippen LogP) is 2.51. The van der Waals surface area contributed by atoms with Gasteiger partial charge in [-0.1, -0.05) is 6.92 Å². The third-order valence-corrected chi connectivity index (χ3v) is 4.67. The molecule has 0 aliphatic carbocycles. The summed E-state index contributed by atoms with van der Waals surface area (Å²) >= 11 is 1.82. The van der Waals surface area contributed by atoms with Crippen LogP contribution in [0.2, 0.25) is 0 Å². The highest BCUT2D eigenvalue weighted by Crippen LogP contribution is 2.26. The van der Waals surface area contributed by atoms with E-state index in [0.29, 0.717) is 0 Å². The zero-order valence-electron chi connectivity index (χ0n) is 12.0. The van der Waals surface area contributed by atoms with Crippen LogP contribution in [-0.2, 0) is 11.3 Å². The first-order valence-electron chi connectivity index (χ1n) is 7.19. The van der Waals surface area contributed by atoms with E-state index in [9.17, 15) is 0 Å². The number of methoxy groups -OCH3 is 1. The third-order valence-electron chi connectivity index (χ3n) is 3.61. The lowest BCUT2D eigenvalue weighted by atomic mass is 10.0. The number of thiazole rings is 1. The standard InChI is InChI=1S/C14H25N3OS/c1-12-4-3-7-17(8-5-12)14-16-11-13(19-14)10-15-6-9-18-2/h11-12,15H,3-10H2,1-2H3. The van der Waals surface area contributed by atoms with E-state index < -0.39 is 0 Å². The van der Waals surface area contributed by atoms with Gasteiger partial charge in [-0.3, -0.25) is 0 Å². The molecule has 0 saturated carbocycles. The zero-order valence-corrected chi connectivity index (χ0v) is 12.8. The number of hydrogen-bond acceptors (Lipinski definition) is 5. The van der Waals surface area contributed by atoms with E-state index in [4.69, 9.17) is 4.74 Å². The molecular weight excluding hydrogens is 258 g/mol. The van der Waals surface area contributed by atoms with Gasteiger partial charge in [-0.05, 0) is 25.2 Å². The average Bonchev–Trinajstić information content (AvgIpc) is 2.77. The molecule has 0 radical (unpaired) electrons. The Morgan fingerprint density at radius 1 is 1.47 bits per heavy atom. The Morgan fingerprint density at radius 2 is 2.37 bits per heavy atom. The minimum Gasteiger partial charge on any atom is -0.383 e. The Labute approximate surface area is 120 Å². The lowest BCUT2D eigenvalue weighted by Gasteiger charge is -2.18. The van der Waals surface area contributed by atoms with Crippen LogP contribution in [0, 0.1) is 5.92 Å². The molecule has 5 heteroatoms. The highest BCUT2D eigenvalue weighted by Gasteiger charge is 2.16. The van der Waals surface area contributed by atoms with Gasteiger partial charge in [-0.15, -0.1) is 11.3 Å². The molecule has 0 amide bonds. The molecule has 1 saturated heterocycles. The van der Waals surface area contributed by atoms with E-state index in [2.05, 4.69) is 22.1 Å². The van der Waals surface area contributed by atoms with Crippen LogP contribution in [-0.4, -0.2) is 38.3 Å². The fraction of sp³-hybridized carbons (Fsp3) is 0.786. The van der Waals surface area contributed by atoms with Crippen molar-refractivity contribution in [1.29, 1.82) is 0 Å². The topological polar surface area (TPSA) is 37.4 Å². The molecule has 1 aliphatic heterocycles. The van der Waals surface area contributed by atoms with Crippen molar-refractivity contribution in [3.63, 3.8) is 0 Å². The molecular formula is C14H25N3OS. The smallest absolute Gasteiger partial charge is 0.185 e. The van der Waals surface area contributed by atoms with Gasteiger partial charge in [0.1, 0.15) is 0 Å². The first-order chi connectivity index (χ1) is 9.29. The molecule has 0 aromatic carbocycles. The van der Waals surface area contributed by atoms with Crippen molar-refractivity contribution in [3.05, 3.63) is 11.1 Å². The SMILES string of the molecule is COCCNCc1cnc(N2CCCC(C)CC2)s1. The van der Waals surface area contributed by atoms with Crippen LogP contribution in [0.15, 0.2) is 6.20 Å². The van der Waals surface area contributed by atoms with Gasteiger partial charge in [0.05, 0.1) is 6.61 Å². The number of rotatable bonds is 6. The van der Waals surface area contributed by atoms with Crippen LogP contribution in [0.4, 0.5) is 5.13 Å². The van der Waals surface area contributed by atoms with E-state index in [-0.39, 0.29) is 0 Å². The van der Waals surface area contributed by atoms with Gasteiger partial charge in [0.25, 0.3) is 0 Å². The molecule has 4 nitrogen and oxygen atoms in total. The summed E-state index contributed by atoms with van der Waals surface area (Å²) in [5.74, 6) is 0.861. The highest BCUT2D eigenvalue weighted by molar-refractivity contribution is 7.15. The van der Waals surface area contributed by atoms with Crippen molar-refractivity contribution in [2.45, 2.75) is 32.7 Å². The normalized spacial score (nSPS) is 20.5. The summed E-state index contributed by atoms with van der Waals surface area (Å²) in [7, 11) is 1.73. The Bertz CT molecular complexity index is 369. The van der Waals surface area contributed by atoms with Gasteiger partial charge >= 0.3 is 0 Å². The Morgan fingerprint density at radius 3 is 3.21 bits per heavy atom. The number of aromatic nitrogens is 1. The molecule has 1 aliphatic rings. The molecule has 108 valence electrons. The van der Waals surface area contributed by atoms with Crippen LogP contribution >= 0.6 is 11.3 Å². The van der Waals surface area contributed by atoms with Crippen molar-refractivity contribution in [1.82, 2.24) is 10.3 Å². The molecule has 2 heterocycles. The van der Waals surface area contributed by atoms with Gasteiger partial charge in [0.2, 0.25) is 0 Å². The van der Waals surface area contributed by atoms with Gasteiger partial charge in [-0.2, -0.15) is 0 Å². The fourth-order valence-electron chi connectivity index (χ4n) is 2.37. The van der Waals surface area contributed by atoms with Crippen molar-refractivity contribution < 1.29 is 4.74 Å². The minimum absolute atomic E-state index is 0.760. The van der Waals surface area contributed by atoms with Crippen molar-refractivity contribution >= 4 is 16.5 Å². The maximum atomic E-state index is 5.02. The first kappa shape index (κ1) is 14.8. The number of hydrogen-bond donors (Lipinski definition) is 1. The van der Waals surface area contributed by atoms with Crippen LogP contribution in [0.3, 0.4) is 0 Å². The number of nitrogens with zero attached hydrogens (tertiary/aromatic N) is 2. The van der Waals surface area contributed by atoms with Crippen LogP contribution < -0.4 is 10.2 Å². The summed E-state index contributed by atoms with van der Waals surface area (Å²) in [6.07, 6.45) is 5.95. The average molecular weight is 283 g/mol. The Balaban J connectivity index is 1.82. The number of nitrogens with one attached hydrogen (secondary N) is 1. The maximum Gasteiger partial charge on any atom is 0.185 e. The van der Waals surface area contributed by atoms with Crippen LogP contribution in [0.25, 0.3) is 0 Å². The van der Waals surface area contributed by atoms with Gasteiger partial charge in [0.15, 0.2) is 5.13 Å². The quantitative estimate of drug-likeness (QED) is 0.814. The Kier molecular flexibility index (Phi) is 6.07. The van der Waals surface area contributed by atoms with Gasteiger partial charge in [-0.25, -0.2) is 4.98 Å². The van der Waals surface area contributed by atoms with Crippen LogP contribution in [0.1, 0.15) is 31.1 Å². The molecule has 0 spiro atoms. The van der Waals surface area contributed by atoms with Crippen molar-refractivity contribution in [3.8, 4) is 0 Å². The maximum absolute atomic E-state index is 5.02. The molecule has 1 aromatic heterocycles. The largest absolute Gasteiger partial charge is 0.383 e. The van der Waals surface area contributed by atoms with Crippen molar-refractivity contribution in [2.24, 2.45) is 5.92 Å². The monoisotopic (exact) mass is 283 g/mol. The Hall–Kier alpha value is -0.650. The second kappa shape index (κ2) is 7.82. The van der Waals surface area contributed by atoms with Gasteiger partial charge < -0.3 is 15.0 Å². The van der Waals surface area contributed by atoms with E-state index in [1.54, 1.807) is 7.11 Å². The van der Waals surface area contributed by atoms with Crippen LogP contribution in [0.5, 0.6) is 0 Å². The molecule has 1 aromatic rings. The summed E-state index contributed by atoms with van der Waals surface area (Å²) in [5, 5.41) is 4.56. The van der Waals surface area contributed by atoms with Crippen molar-refractivity contribution in [2.75, 3.05) is 38.3 Å². The lowest BCUT2D eigenvalue weighted by Crippen LogP contribution is -2.23. The van der Waals surface area contributed by atoms with E-state index in [0.717, 1.165) is 38.7 Å². The summed E-state index contributed by atoms with van der Waals surface area (Å²) in [6.45, 7) is 7.22. The lowest BCUT2D eigenvalue weighted by molar-refractivity contribution is 0.199. The third kappa shape index (κ3) is 4.75. The molecule has 0 bridgehead atoms. The van der Waals surface area contributed by atoms with E-state index in [1.165, 1.54) is 29.3 Å². The summed E-state index contributed by atoms with van der Waals surface area (Å²) in [4.78, 5) is 8.34. The van der Waals surface area contributed by atoms with E-state index >= 15 is 0 Å². The number of anilines is 1. The fourth-order valence-corrected chi connectivity index (χ4v) is 3.30. The number of ether oxygens (including phenoxy) is 1. The molecule has 1 N–H and O–H groups in total. The molecule has 2 rings (SSSR count). The zero-order chi connectivity index (χ0) is 13.5. The second-order valence-corrected chi connectivity index (χ2v) is 6.40. The summed E-state index contributed by atoms with van der Waals surface area (Å²) < 4.78 is 5.02. The second-order valence-electron chi connectivity index (χ2n) is 5.30. The molecule has 1 fully saturated rings. The van der Waals surface area contributed by atoms with E-state index in [1.807, 2.05) is 17.5 Å². The first-order valence-corrected chi connectivity index (χ1v) is 8.00. The molecule has 19 heavy (non-hydrogen) atoms. The summed E-state index contributed by atoms with van der Waals surface area (Å²) in [5.41, 5.74) is 0.